The lowest BCUT2D eigenvalue weighted by Crippen LogP contribution is -2.32. The third kappa shape index (κ3) is 3.79. The van der Waals surface area contributed by atoms with Crippen molar-refractivity contribution < 1.29 is 14.3 Å². The van der Waals surface area contributed by atoms with Crippen LogP contribution in [0.4, 0.5) is 5.69 Å². The first-order valence-corrected chi connectivity index (χ1v) is 6.28. The Morgan fingerprint density at radius 2 is 2.10 bits per heavy atom. The number of hydrazone groups is 1. The number of anilines is 1. The average molecular weight is 276 g/mol. The van der Waals surface area contributed by atoms with Crippen molar-refractivity contribution in [1.82, 2.24) is 5.43 Å². The van der Waals surface area contributed by atoms with E-state index in [1.54, 1.807) is 24.3 Å². The van der Waals surface area contributed by atoms with Gasteiger partial charge < -0.3 is 15.8 Å². The number of rotatable bonds is 5. The van der Waals surface area contributed by atoms with Gasteiger partial charge in [-0.3, -0.25) is 9.59 Å². The Morgan fingerprint density at radius 1 is 1.35 bits per heavy atom. The second-order valence-corrected chi connectivity index (χ2v) is 4.21. The van der Waals surface area contributed by atoms with Crippen LogP contribution in [0.5, 0.6) is 5.75 Å². The van der Waals surface area contributed by atoms with Crippen molar-refractivity contribution in [2.75, 3.05) is 18.5 Å². The molecule has 0 unspecified atom stereocenters. The van der Waals surface area contributed by atoms with Crippen molar-refractivity contribution in [2.45, 2.75) is 12.8 Å². The maximum absolute atomic E-state index is 11.9. The van der Waals surface area contributed by atoms with E-state index in [0.717, 1.165) is 0 Å². The highest BCUT2D eigenvalue weighted by molar-refractivity contribution is 6.43. The van der Waals surface area contributed by atoms with Crippen LogP contribution in [0.2, 0.25) is 0 Å². The van der Waals surface area contributed by atoms with Gasteiger partial charge in [0, 0.05) is 25.1 Å². The summed E-state index contributed by atoms with van der Waals surface area (Å²) in [6.07, 6.45) is 0.619. The van der Waals surface area contributed by atoms with Crippen LogP contribution in [0.3, 0.4) is 0 Å². The lowest BCUT2D eigenvalue weighted by molar-refractivity contribution is -0.121. The summed E-state index contributed by atoms with van der Waals surface area (Å²) >= 11 is 0. The van der Waals surface area contributed by atoms with E-state index in [0.29, 0.717) is 36.7 Å². The van der Waals surface area contributed by atoms with E-state index in [2.05, 4.69) is 15.8 Å². The summed E-state index contributed by atoms with van der Waals surface area (Å²) in [7, 11) is 0. The Labute approximate surface area is 116 Å². The average Bonchev–Trinajstić information content (AvgIpc) is 2.47. The van der Waals surface area contributed by atoms with Crippen LogP contribution in [0.25, 0.3) is 0 Å². The predicted octanol–water partition coefficient (Wildman–Crippen LogP) is 0.229. The maximum atomic E-state index is 11.9. The minimum Gasteiger partial charge on any atom is -0.492 e. The first-order chi connectivity index (χ1) is 9.69. The lowest BCUT2D eigenvalue weighted by Gasteiger charge is -2.12. The number of amides is 2. The SMILES string of the molecule is NCCOc1ccc(NC(=O)C2=NNC(=O)CC2)cc1. The van der Waals surface area contributed by atoms with Crippen LogP contribution in [-0.2, 0) is 9.59 Å². The molecule has 0 saturated heterocycles. The fourth-order valence-corrected chi connectivity index (χ4v) is 1.65. The highest BCUT2D eigenvalue weighted by atomic mass is 16.5. The van der Waals surface area contributed by atoms with Crippen molar-refractivity contribution in [3.8, 4) is 5.75 Å². The van der Waals surface area contributed by atoms with E-state index in [-0.39, 0.29) is 18.2 Å². The van der Waals surface area contributed by atoms with Gasteiger partial charge in [0.2, 0.25) is 5.91 Å². The molecule has 0 aliphatic carbocycles. The van der Waals surface area contributed by atoms with Crippen molar-refractivity contribution in [3.63, 3.8) is 0 Å². The standard InChI is InChI=1S/C13H16N4O3/c14-7-8-20-10-3-1-9(2-4-10)15-13(19)11-5-6-12(18)17-16-11/h1-4H,5-8,14H2,(H,15,19)(H,17,18). The summed E-state index contributed by atoms with van der Waals surface area (Å²) in [6.45, 7) is 0.895. The van der Waals surface area contributed by atoms with E-state index < -0.39 is 0 Å². The minimum atomic E-state index is -0.319. The summed E-state index contributed by atoms with van der Waals surface area (Å²) in [5.41, 5.74) is 8.57. The number of nitrogens with one attached hydrogen (secondary N) is 2. The molecule has 2 rings (SSSR count). The molecular formula is C13H16N4O3. The summed E-state index contributed by atoms with van der Waals surface area (Å²) in [6, 6.07) is 6.95. The van der Waals surface area contributed by atoms with E-state index in [9.17, 15) is 9.59 Å². The molecule has 1 aliphatic heterocycles. The molecule has 1 aliphatic rings. The topological polar surface area (TPSA) is 106 Å². The molecule has 0 spiro atoms. The number of carbonyl (C=O) groups excluding carboxylic acids is 2. The highest BCUT2D eigenvalue weighted by Gasteiger charge is 2.18. The van der Waals surface area contributed by atoms with Gasteiger partial charge in [-0.1, -0.05) is 0 Å². The second-order valence-electron chi connectivity index (χ2n) is 4.21. The number of nitrogens with two attached hydrogens (primary N) is 1. The number of hydrogen-bond acceptors (Lipinski definition) is 5. The lowest BCUT2D eigenvalue weighted by atomic mass is 10.1. The molecule has 4 N–H and O–H groups in total. The molecule has 7 nitrogen and oxygen atoms in total. The maximum Gasteiger partial charge on any atom is 0.271 e. The highest BCUT2D eigenvalue weighted by Crippen LogP contribution is 2.16. The molecule has 1 heterocycles. The molecule has 0 aromatic heterocycles. The Balaban J connectivity index is 1.92. The number of nitrogens with zero attached hydrogens (tertiary/aromatic N) is 1. The van der Waals surface area contributed by atoms with Gasteiger partial charge in [-0.15, -0.1) is 0 Å². The molecule has 106 valence electrons. The molecule has 1 aromatic carbocycles. The van der Waals surface area contributed by atoms with Gasteiger partial charge >= 0.3 is 0 Å². The zero-order valence-electron chi connectivity index (χ0n) is 10.9. The molecular weight excluding hydrogens is 260 g/mol. The van der Waals surface area contributed by atoms with E-state index in [1.165, 1.54) is 0 Å². The molecule has 20 heavy (non-hydrogen) atoms. The number of benzene rings is 1. The van der Waals surface area contributed by atoms with Crippen molar-refractivity contribution in [1.29, 1.82) is 0 Å². The molecule has 0 saturated carbocycles. The van der Waals surface area contributed by atoms with Crippen molar-refractivity contribution in [2.24, 2.45) is 10.8 Å². The second kappa shape index (κ2) is 6.67. The summed E-state index contributed by atoms with van der Waals surface area (Å²) in [5, 5.41) is 6.44. The fourth-order valence-electron chi connectivity index (χ4n) is 1.65. The van der Waals surface area contributed by atoms with E-state index in [1.807, 2.05) is 0 Å². The normalized spacial score (nSPS) is 14.2. The molecule has 7 heteroatoms. The molecule has 0 atom stereocenters. The van der Waals surface area contributed by atoms with Crippen LogP contribution in [-0.4, -0.2) is 30.7 Å². The molecule has 1 aromatic rings. The predicted molar refractivity (Wildman–Crippen MR) is 74.4 cm³/mol. The van der Waals surface area contributed by atoms with Crippen LogP contribution in [0.15, 0.2) is 29.4 Å². The summed E-state index contributed by atoms with van der Waals surface area (Å²) < 4.78 is 5.33. The Hall–Kier alpha value is -2.41. The van der Waals surface area contributed by atoms with Gasteiger partial charge in [0.05, 0.1) is 0 Å². The van der Waals surface area contributed by atoms with Crippen molar-refractivity contribution >= 4 is 23.2 Å². The van der Waals surface area contributed by atoms with E-state index in [4.69, 9.17) is 10.5 Å². The van der Waals surface area contributed by atoms with Gasteiger partial charge in [-0.25, -0.2) is 5.43 Å². The third-order valence-electron chi connectivity index (χ3n) is 2.67. The monoisotopic (exact) mass is 276 g/mol. The van der Waals surface area contributed by atoms with Crippen LogP contribution >= 0.6 is 0 Å². The molecule has 0 bridgehead atoms. The number of hydrogen-bond donors (Lipinski definition) is 3. The van der Waals surface area contributed by atoms with Gasteiger partial charge in [0.1, 0.15) is 18.1 Å². The number of carbonyl (C=O) groups is 2. The quantitative estimate of drug-likeness (QED) is 0.715. The minimum absolute atomic E-state index is 0.178. The Bertz CT molecular complexity index is 525. The van der Waals surface area contributed by atoms with E-state index >= 15 is 0 Å². The van der Waals surface area contributed by atoms with Gasteiger partial charge in [-0.2, -0.15) is 5.10 Å². The van der Waals surface area contributed by atoms with Crippen LogP contribution in [0.1, 0.15) is 12.8 Å². The van der Waals surface area contributed by atoms with Gasteiger partial charge in [0.15, 0.2) is 0 Å². The zero-order chi connectivity index (χ0) is 14.4. The van der Waals surface area contributed by atoms with Crippen LogP contribution in [0, 0.1) is 0 Å². The molecule has 0 fully saturated rings. The first-order valence-electron chi connectivity index (χ1n) is 6.28. The fraction of sp³-hybridized carbons (Fsp3) is 0.308. The Morgan fingerprint density at radius 3 is 2.70 bits per heavy atom. The largest absolute Gasteiger partial charge is 0.492 e. The third-order valence-corrected chi connectivity index (χ3v) is 2.67. The Kier molecular flexibility index (Phi) is 4.67. The zero-order valence-corrected chi connectivity index (χ0v) is 10.9. The van der Waals surface area contributed by atoms with Gasteiger partial charge in [0.25, 0.3) is 5.91 Å². The number of ether oxygens (including phenoxy) is 1. The first kappa shape index (κ1) is 14.0. The van der Waals surface area contributed by atoms with Crippen molar-refractivity contribution in [3.05, 3.63) is 24.3 Å². The smallest absolute Gasteiger partial charge is 0.271 e. The summed E-state index contributed by atoms with van der Waals surface area (Å²) in [5.74, 6) is 0.194. The molecule has 0 radical (unpaired) electrons. The van der Waals surface area contributed by atoms with Crippen LogP contribution < -0.4 is 21.2 Å². The molecule has 2 amide bonds. The van der Waals surface area contributed by atoms with Gasteiger partial charge in [-0.05, 0) is 24.3 Å². The summed E-state index contributed by atoms with van der Waals surface area (Å²) in [4.78, 5) is 22.8.